The molecule has 0 radical (unpaired) electrons. The zero-order valence-corrected chi connectivity index (χ0v) is 17.3. The number of likely N-dealkylation sites (tertiary alicyclic amines) is 1. The Balaban J connectivity index is 1.58. The van der Waals surface area contributed by atoms with Crippen molar-refractivity contribution in [3.05, 3.63) is 65.6 Å². The predicted octanol–water partition coefficient (Wildman–Crippen LogP) is 2.74. The average molecular weight is 421 g/mol. The largest absolute Gasteiger partial charge is 0.477 e. The summed E-state index contributed by atoms with van der Waals surface area (Å²) in [6.07, 6.45) is 4.18. The number of nitrogens with zero attached hydrogens (tertiary/aromatic N) is 5. The van der Waals surface area contributed by atoms with Crippen molar-refractivity contribution >= 4 is 11.9 Å². The van der Waals surface area contributed by atoms with Crippen LogP contribution in [0.3, 0.4) is 0 Å². The number of aromatic carboxylic acids is 1. The lowest BCUT2D eigenvalue weighted by atomic mass is 9.99. The summed E-state index contributed by atoms with van der Waals surface area (Å²) in [5, 5.41) is 17.7. The zero-order valence-electron chi connectivity index (χ0n) is 17.3. The van der Waals surface area contributed by atoms with Crippen LogP contribution in [-0.2, 0) is 0 Å². The first-order chi connectivity index (χ1) is 14.9. The van der Waals surface area contributed by atoms with Crippen LogP contribution in [0, 0.1) is 6.92 Å². The Bertz CT molecular complexity index is 1100. The lowest BCUT2D eigenvalue weighted by Crippen LogP contribution is -2.49. The van der Waals surface area contributed by atoms with Gasteiger partial charge in [-0.2, -0.15) is 15.0 Å². The number of piperidine rings is 1. The molecule has 1 saturated heterocycles. The highest BCUT2D eigenvalue weighted by molar-refractivity contribution is 5.98. The number of rotatable bonds is 5. The molecule has 1 aliphatic heterocycles. The van der Waals surface area contributed by atoms with E-state index in [1.54, 1.807) is 48.5 Å². The molecular weight excluding hydrogens is 398 g/mol. The van der Waals surface area contributed by atoms with E-state index in [9.17, 15) is 14.7 Å². The van der Waals surface area contributed by atoms with E-state index in [4.69, 9.17) is 4.74 Å². The maximum Gasteiger partial charge on any atom is 0.341 e. The van der Waals surface area contributed by atoms with E-state index in [2.05, 4.69) is 15.2 Å². The molecule has 160 valence electrons. The minimum Gasteiger partial charge on any atom is -0.477 e. The number of carbonyl (C=O) groups excluding carboxylic acids is 1. The summed E-state index contributed by atoms with van der Waals surface area (Å²) in [5.74, 6) is -1.16. The molecule has 31 heavy (non-hydrogen) atoms. The van der Waals surface area contributed by atoms with E-state index in [0.29, 0.717) is 29.9 Å². The number of aryl methyl sites for hydroxylation is 1. The van der Waals surface area contributed by atoms with E-state index in [0.717, 1.165) is 6.42 Å². The van der Waals surface area contributed by atoms with Gasteiger partial charge in [0, 0.05) is 11.7 Å². The van der Waals surface area contributed by atoms with E-state index < -0.39 is 5.97 Å². The number of benzene rings is 1. The second-order valence-corrected chi connectivity index (χ2v) is 7.57. The Hall–Kier alpha value is -3.75. The normalized spacial score (nSPS) is 18.6. The van der Waals surface area contributed by atoms with Gasteiger partial charge in [0.25, 0.3) is 5.91 Å². The standard InChI is InChI=1S/C22H23N5O4/c1-14-7-10-18(22(29)30)20(25-14)31-16-9-8-15(2)26(13-16)21(28)17-5-3-4-6-19(17)27-23-11-12-24-27/h3-7,10-12,15-16H,8-9,13H2,1-2H3,(H,29,30)/t15-,16-/m1/s1. The number of pyridine rings is 1. The first-order valence-electron chi connectivity index (χ1n) is 10.1. The summed E-state index contributed by atoms with van der Waals surface area (Å²) in [5.41, 5.74) is 1.77. The number of ether oxygens (including phenoxy) is 1. The number of carboxylic acids is 1. The highest BCUT2D eigenvalue weighted by Crippen LogP contribution is 2.26. The number of hydrogen-bond donors (Lipinski definition) is 1. The third kappa shape index (κ3) is 4.25. The molecule has 3 aromatic rings. The summed E-state index contributed by atoms with van der Waals surface area (Å²) >= 11 is 0. The highest BCUT2D eigenvalue weighted by Gasteiger charge is 2.33. The molecule has 1 amide bonds. The fourth-order valence-electron chi connectivity index (χ4n) is 3.72. The number of aromatic nitrogens is 4. The van der Waals surface area contributed by atoms with Crippen LogP contribution >= 0.6 is 0 Å². The van der Waals surface area contributed by atoms with Crippen LogP contribution < -0.4 is 4.74 Å². The fourth-order valence-corrected chi connectivity index (χ4v) is 3.72. The quantitative estimate of drug-likeness (QED) is 0.674. The van der Waals surface area contributed by atoms with Crippen molar-refractivity contribution in [1.82, 2.24) is 24.9 Å². The Morgan fingerprint density at radius 3 is 2.55 bits per heavy atom. The van der Waals surface area contributed by atoms with Gasteiger partial charge in [-0.3, -0.25) is 4.79 Å². The monoisotopic (exact) mass is 421 g/mol. The molecule has 1 aliphatic rings. The van der Waals surface area contributed by atoms with E-state index >= 15 is 0 Å². The highest BCUT2D eigenvalue weighted by atomic mass is 16.5. The van der Waals surface area contributed by atoms with Gasteiger partial charge in [-0.15, -0.1) is 0 Å². The number of para-hydroxylation sites is 1. The molecule has 0 bridgehead atoms. The summed E-state index contributed by atoms with van der Waals surface area (Å²) in [7, 11) is 0. The molecule has 1 fully saturated rings. The van der Waals surface area contributed by atoms with Crippen molar-refractivity contribution < 1.29 is 19.4 Å². The smallest absolute Gasteiger partial charge is 0.341 e. The van der Waals surface area contributed by atoms with Crippen LogP contribution in [0.4, 0.5) is 0 Å². The van der Waals surface area contributed by atoms with Gasteiger partial charge in [-0.25, -0.2) is 9.78 Å². The molecule has 0 saturated carbocycles. The van der Waals surface area contributed by atoms with Gasteiger partial charge < -0.3 is 14.7 Å². The Morgan fingerprint density at radius 2 is 1.81 bits per heavy atom. The maximum absolute atomic E-state index is 13.4. The van der Waals surface area contributed by atoms with Crippen molar-refractivity contribution in [3.8, 4) is 11.6 Å². The second kappa shape index (κ2) is 8.55. The Kier molecular flexibility index (Phi) is 5.66. The first kappa shape index (κ1) is 20.5. The van der Waals surface area contributed by atoms with Crippen LogP contribution in [0.1, 0.15) is 46.2 Å². The van der Waals surface area contributed by atoms with Gasteiger partial charge >= 0.3 is 5.97 Å². The molecular formula is C22H23N5O4. The molecule has 2 aromatic heterocycles. The van der Waals surface area contributed by atoms with Crippen molar-refractivity contribution in [2.24, 2.45) is 0 Å². The molecule has 0 spiro atoms. The number of hydrogen-bond acceptors (Lipinski definition) is 6. The minimum absolute atomic E-state index is 0.00963. The third-order valence-electron chi connectivity index (χ3n) is 5.38. The number of carbonyl (C=O) groups is 2. The predicted molar refractivity (Wildman–Crippen MR) is 111 cm³/mol. The number of carboxylic acid groups (broad SMARTS) is 1. The van der Waals surface area contributed by atoms with Crippen molar-refractivity contribution in [1.29, 1.82) is 0 Å². The van der Waals surface area contributed by atoms with Crippen LogP contribution in [0.2, 0.25) is 0 Å². The van der Waals surface area contributed by atoms with Crippen molar-refractivity contribution in [2.45, 2.75) is 38.8 Å². The van der Waals surface area contributed by atoms with Crippen LogP contribution in [0.25, 0.3) is 5.69 Å². The molecule has 3 heterocycles. The fraction of sp³-hybridized carbons (Fsp3) is 0.318. The molecule has 0 unspecified atom stereocenters. The lowest BCUT2D eigenvalue weighted by molar-refractivity contribution is 0.0362. The average Bonchev–Trinajstić information content (AvgIpc) is 3.29. The summed E-state index contributed by atoms with van der Waals surface area (Å²) in [6, 6.07) is 10.3. The molecule has 2 atom stereocenters. The molecule has 9 heteroatoms. The molecule has 0 aliphatic carbocycles. The third-order valence-corrected chi connectivity index (χ3v) is 5.38. The maximum atomic E-state index is 13.4. The minimum atomic E-state index is -1.10. The van der Waals surface area contributed by atoms with E-state index in [-0.39, 0.29) is 29.5 Å². The SMILES string of the molecule is Cc1ccc(C(=O)O)c(O[C@@H]2CC[C@@H](C)N(C(=O)c3ccccc3-n3nccn3)C2)n1. The zero-order chi connectivity index (χ0) is 22.0. The van der Waals surface area contributed by atoms with Crippen LogP contribution in [-0.4, -0.2) is 60.6 Å². The van der Waals surface area contributed by atoms with Crippen molar-refractivity contribution in [2.75, 3.05) is 6.54 Å². The van der Waals surface area contributed by atoms with Crippen LogP contribution in [0.5, 0.6) is 5.88 Å². The van der Waals surface area contributed by atoms with Gasteiger partial charge in [0.15, 0.2) is 0 Å². The van der Waals surface area contributed by atoms with E-state index in [1.807, 2.05) is 13.0 Å². The molecule has 1 aromatic carbocycles. The van der Waals surface area contributed by atoms with E-state index in [1.165, 1.54) is 10.9 Å². The first-order valence-corrected chi connectivity index (χ1v) is 10.1. The summed E-state index contributed by atoms with van der Waals surface area (Å²) in [6.45, 7) is 4.10. The molecule has 9 nitrogen and oxygen atoms in total. The number of amides is 1. The Morgan fingerprint density at radius 1 is 1.06 bits per heavy atom. The molecule has 1 N–H and O–H groups in total. The summed E-state index contributed by atoms with van der Waals surface area (Å²) < 4.78 is 5.98. The Labute approximate surface area is 179 Å². The van der Waals surface area contributed by atoms with Gasteiger partial charge in [0.05, 0.1) is 30.2 Å². The topological polar surface area (TPSA) is 110 Å². The van der Waals surface area contributed by atoms with Crippen LogP contribution in [0.15, 0.2) is 48.8 Å². The lowest BCUT2D eigenvalue weighted by Gasteiger charge is -2.38. The van der Waals surface area contributed by atoms with Gasteiger partial charge in [-0.05, 0) is 51.0 Å². The van der Waals surface area contributed by atoms with Gasteiger partial charge in [-0.1, -0.05) is 12.1 Å². The van der Waals surface area contributed by atoms with Gasteiger partial charge in [0.2, 0.25) is 5.88 Å². The van der Waals surface area contributed by atoms with Crippen molar-refractivity contribution in [3.63, 3.8) is 0 Å². The van der Waals surface area contributed by atoms with Gasteiger partial charge in [0.1, 0.15) is 11.7 Å². The second-order valence-electron chi connectivity index (χ2n) is 7.57. The molecule has 4 rings (SSSR count). The summed E-state index contributed by atoms with van der Waals surface area (Å²) in [4.78, 5) is 32.4.